The number of carbonyl (C=O) groups excluding carboxylic acids is 5. The molecule has 0 saturated heterocycles. The van der Waals surface area contributed by atoms with Gasteiger partial charge in [0.05, 0.1) is 19.0 Å². The van der Waals surface area contributed by atoms with Crippen molar-refractivity contribution in [3.05, 3.63) is 0 Å². The Kier molecular flexibility index (Phi) is 17.5. The molecule has 0 fully saturated rings. The van der Waals surface area contributed by atoms with Crippen LogP contribution in [0.4, 0.5) is 0 Å². The van der Waals surface area contributed by atoms with Crippen LogP contribution >= 0.6 is 0 Å². The second-order valence-electron chi connectivity index (χ2n) is 6.56. The number of carbonyl (C=O) groups is 2. The maximum Gasteiger partial charge on any atom is 0.235 e. The normalized spacial score (nSPS) is 10.9. The molecule has 8 heteroatoms. The zero-order chi connectivity index (χ0) is 20.9. The first-order chi connectivity index (χ1) is 13.7. The molecule has 28 heavy (non-hydrogen) atoms. The third-order valence-electron chi connectivity index (χ3n) is 4.41. The molecule has 0 aromatic heterocycles. The van der Waals surface area contributed by atoms with E-state index in [1.54, 1.807) is 0 Å². The highest BCUT2D eigenvalue weighted by Gasteiger charge is 2.24. The van der Waals surface area contributed by atoms with E-state index in [1.165, 1.54) is 18.2 Å². The Hall–Kier alpha value is -2.52. The van der Waals surface area contributed by atoms with Crippen molar-refractivity contribution in [2.75, 3.05) is 19.6 Å². The summed E-state index contributed by atoms with van der Waals surface area (Å²) in [6.45, 7) is 0.628. The molecule has 0 rings (SSSR count). The molecular formula is C20H29N3O5. The van der Waals surface area contributed by atoms with E-state index in [0.717, 1.165) is 51.4 Å². The lowest BCUT2D eigenvalue weighted by molar-refractivity contribution is -0.132. The Morgan fingerprint density at radius 2 is 1.11 bits per heavy atom. The van der Waals surface area contributed by atoms with Crippen LogP contribution in [-0.2, 0) is 24.0 Å². The molecule has 1 unspecified atom stereocenters. The average molecular weight is 391 g/mol. The molecule has 0 N–H and O–H groups in total. The standard InChI is InChI=1S/C20H29N3O5/c24-15-21-12-8-4-1-2-7-11-19(27)18(20(28)14-23-17-26)10-6-3-5-9-13-22-16-25/h18H,1-14H2. The van der Waals surface area contributed by atoms with Crippen LogP contribution in [0.3, 0.4) is 0 Å². The summed E-state index contributed by atoms with van der Waals surface area (Å²) in [6.07, 6.45) is 12.6. The summed E-state index contributed by atoms with van der Waals surface area (Å²) in [5, 5.41) is 0. The van der Waals surface area contributed by atoms with Gasteiger partial charge < -0.3 is 0 Å². The summed E-state index contributed by atoms with van der Waals surface area (Å²) in [5.74, 6) is -1.14. The monoisotopic (exact) mass is 391 g/mol. The largest absolute Gasteiger partial charge is 0.299 e. The van der Waals surface area contributed by atoms with Crippen LogP contribution in [-0.4, -0.2) is 49.4 Å². The van der Waals surface area contributed by atoms with Gasteiger partial charge in [-0.15, -0.1) is 0 Å². The van der Waals surface area contributed by atoms with Crippen molar-refractivity contribution in [3.8, 4) is 0 Å². The highest BCUT2D eigenvalue weighted by Crippen LogP contribution is 2.17. The molecule has 154 valence electrons. The fourth-order valence-electron chi connectivity index (χ4n) is 2.90. The molecule has 0 aromatic carbocycles. The zero-order valence-corrected chi connectivity index (χ0v) is 16.4. The van der Waals surface area contributed by atoms with Crippen LogP contribution < -0.4 is 0 Å². The zero-order valence-electron chi connectivity index (χ0n) is 16.4. The van der Waals surface area contributed by atoms with Crippen LogP contribution in [0.1, 0.15) is 70.6 Å². The van der Waals surface area contributed by atoms with E-state index >= 15 is 0 Å². The van der Waals surface area contributed by atoms with Crippen molar-refractivity contribution in [2.45, 2.75) is 70.6 Å². The second kappa shape index (κ2) is 19.2. The minimum atomic E-state index is -0.716. The highest BCUT2D eigenvalue weighted by atomic mass is 16.2. The van der Waals surface area contributed by atoms with E-state index in [9.17, 15) is 24.0 Å². The van der Waals surface area contributed by atoms with Gasteiger partial charge in [0.15, 0.2) is 5.78 Å². The van der Waals surface area contributed by atoms with Gasteiger partial charge in [-0.05, 0) is 25.7 Å². The number of isocyanates is 3. The van der Waals surface area contributed by atoms with Gasteiger partial charge in [-0.2, -0.15) is 4.99 Å². The van der Waals surface area contributed by atoms with E-state index in [2.05, 4.69) is 15.0 Å². The second-order valence-corrected chi connectivity index (χ2v) is 6.56. The number of rotatable bonds is 19. The molecule has 8 nitrogen and oxygen atoms in total. The lowest BCUT2D eigenvalue weighted by Crippen LogP contribution is -2.26. The number of hydrogen-bond acceptors (Lipinski definition) is 8. The Bertz CT molecular complexity index is 601. The van der Waals surface area contributed by atoms with E-state index in [1.807, 2.05) is 0 Å². The first kappa shape index (κ1) is 25.5. The highest BCUT2D eigenvalue weighted by molar-refractivity contribution is 6.03. The minimum absolute atomic E-state index is 0.0952. The molecular weight excluding hydrogens is 362 g/mol. The van der Waals surface area contributed by atoms with Gasteiger partial charge in [0.1, 0.15) is 12.3 Å². The molecule has 0 saturated carbocycles. The van der Waals surface area contributed by atoms with Gasteiger partial charge in [-0.25, -0.2) is 24.4 Å². The lowest BCUT2D eigenvalue weighted by atomic mass is 9.89. The van der Waals surface area contributed by atoms with Gasteiger partial charge in [-0.1, -0.05) is 38.5 Å². The number of hydrogen-bond donors (Lipinski definition) is 0. The first-order valence-electron chi connectivity index (χ1n) is 9.83. The summed E-state index contributed by atoms with van der Waals surface area (Å²) in [7, 11) is 0. The van der Waals surface area contributed by atoms with Crippen molar-refractivity contribution in [1.29, 1.82) is 0 Å². The quantitative estimate of drug-likeness (QED) is 0.145. The van der Waals surface area contributed by atoms with Gasteiger partial charge in [0.25, 0.3) is 0 Å². The fourth-order valence-corrected chi connectivity index (χ4v) is 2.90. The Labute approximate surface area is 165 Å². The molecule has 0 heterocycles. The molecule has 0 radical (unpaired) electrons. The van der Waals surface area contributed by atoms with Crippen LogP contribution in [0, 0.1) is 5.92 Å². The number of ketones is 2. The molecule has 0 spiro atoms. The van der Waals surface area contributed by atoms with E-state index in [-0.39, 0.29) is 18.1 Å². The predicted octanol–water partition coefficient (Wildman–Crippen LogP) is 3.04. The summed E-state index contributed by atoms with van der Waals surface area (Å²) in [5.41, 5.74) is 0. The Balaban J connectivity index is 4.24. The molecule has 0 aliphatic rings. The van der Waals surface area contributed by atoms with Gasteiger partial charge in [0.2, 0.25) is 18.2 Å². The number of Topliss-reactive ketones (excluding diaryl/α,β-unsaturated/α-hetero) is 2. The van der Waals surface area contributed by atoms with Crippen molar-refractivity contribution in [3.63, 3.8) is 0 Å². The lowest BCUT2D eigenvalue weighted by Gasteiger charge is -2.13. The van der Waals surface area contributed by atoms with Gasteiger partial charge in [0, 0.05) is 6.42 Å². The van der Waals surface area contributed by atoms with Crippen molar-refractivity contribution in [1.82, 2.24) is 0 Å². The van der Waals surface area contributed by atoms with Crippen LogP contribution in [0.5, 0.6) is 0 Å². The summed E-state index contributed by atoms with van der Waals surface area (Å²) in [6, 6.07) is 0. The smallest absolute Gasteiger partial charge is 0.235 e. The minimum Gasteiger partial charge on any atom is -0.299 e. The third-order valence-corrected chi connectivity index (χ3v) is 4.41. The van der Waals surface area contributed by atoms with Gasteiger partial charge >= 0.3 is 0 Å². The summed E-state index contributed by atoms with van der Waals surface area (Å²) >= 11 is 0. The SMILES string of the molecule is O=C=NCCCCCCCC(=O)C(CCCCCCN=C=O)C(=O)CN=C=O. The Morgan fingerprint density at radius 1 is 0.607 bits per heavy atom. The number of nitrogens with zero attached hydrogens (tertiary/aromatic N) is 3. The maximum absolute atomic E-state index is 12.4. The topological polar surface area (TPSA) is 122 Å². The van der Waals surface area contributed by atoms with E-state index in [0.29, 0.717) is 32.4 Å². The van der Waals surface area contributed by atoms with E-state index in [4.69, 9.17) is 0 Å². The van der Waals surface area contributed by atoms with Gasteiger partial charge in [-0.3, -0.25) is 9.59 Å². The van der Waals surface area contributed by atoms with Crippen LogP contribution in [0.15, 0.2) is 15.0 Å². The van der Waals surface area contributed by atoms with Crippen LogP contribution in [0.25, 0.3) is 0 Å². The van der Waals surface area contributed by atoms with Crippen molar-refractivity contribution < 1.29 is 24.0 Å². The van der Waals surface area contributed by atoms with Crippen molar-refractivity contribution in [2.24, 2.45) is 20.9 Å². The third kappa shape index (κ3) is 14.6. The average Bonchev–Trinajstić information content (AvgIpc) is 2.70. The van der Waals surface area contributed by atoms with Crippen molar-refractivity contribution >= 4 is 29.8 Å². The Morgan fingerprint density at radius 3 is 1.68 bits per heavy atom. The molecule has 0 bridgehead atoms. The number of unbranched alkanes of at least 4 members (excludes halogenated alkanes) is 7. The molecule has 0 aromatic rings. The van der Waals surface area contributed by atoms with E-state index < -0.39 is 5.92 Å². The fraction of sp³-hybridized carbons (Fsp3) is 0.750. The molecule has 0 aliphatic carbocycles. The summed E-state index contributed by atoms with van der Waals surface area (Å²) in [4.78, 5) is 65.1. The first-order valence-corrected chi connectivity index (χ1v) is 9.83. The van der Waals surface area contributed by atoms with Crippen LogP contribution in [0.2, 0.25) is 0 Å². The number of aliphatic imine (C=N–C) groups is 3. The molecule has 0 aliphatic heterocycles. The molecule has 1 atom stereocenters. The predicted molar refractivity (Wildman–Crippen MR) is 103 cm³/mol. The molecule has 0 amide bonds. The summed E-state index contributed by atoms with van der Waals surface area (Å²) < 4.78 is 0. The maximum atomic E-state index is 12.4.